The van der Waals surface area contributed by atoms with Gasteiger partial charge in [0, 0.05) is 32.2 Å². The maximum Gasteiger partial charge on any atom is 0.271 e. The molecule has 0 aromatic carbocycles. The number of carbonyl (C=O) groups excluding carboxylic acids is 2. The first kappa shape index (κ1) is 17.0. The number of hydrogen-bond donors (Lipinski definition) is 2. The van der Waals surface area contributed by atoms with Crippen molar-refractivity contribution >= 4 is 11.8 Å². The molecule has 0 saturated heterocycles. The van der Waals surface area contributed by atoms with Crippen molar-refractivity contribution < 1.29 is 14.3 Å². The first-order valence-corrected chi connectivity index (χ1v) is 8.79. The fraction of sp³-hybridized carbons (Fsp3) is 0.706. The van der Waals surface area contributed by atoms with Crippen LogP contribution in [0, 0.1) is 5.92 Å². The highest BCUT2D eigenvalue weighted by Crippen LogP contribution is 2.27. The number of amides is 2. The summed E-state index contributed by atoms with van der Waals surface area (Å²) in [5.74, 6) is 0.525. The number of aromatic nitrogens is 2. The minimum absolute atomic E-state index is 0.0898. The molecular formula is C17H26N4O3. The van der Waals surface area contributed by atoms with Crippen LogP contribution in [0.2, 0.25) is 0 Å². The van der Waals surface area contributed by atoms with Gasteiger partial charge in [0.05, 0.1) is 19.2 Å². The predicted molar refractivity (Wildman–Crippen MR) is 88.6 cm³/mol. The van der Waals surface area contributed by atoms with Crippen LogP contribution in [0.25, 0.3) is 0 Å². The lowest BCUT2D eigenvalue weighted by Crippen LogP contribution is -2.37. The highest BCUT2D eigenvalue weighted by atomic mass is 16.5. The molecule has 0 spiro atoms. The summed E-state index contributed by atoms with van der Waals surface area (Å²) in [7, 11) is 1.60. The first-order valence-electron chi connectivity index (χ1n) is 8.79. The molecule has 0 radical (unpaired) electrons. The molecule has 0 bridgehead atoms. The topological polar surface area (TPSA) is 85.2 Å². The van der Waals surface area contributed by atoms with Crippen LogP contribution in [-0.2, 0) is 22.5 Å². The molecule has 3 rings (SSSR count). The number of ether oxygens (including phenoxy) is 1. The van der Waals surface area contributed by atoms with Gasteiger partial charge in [-0.1, -0.05) is 12.8 Å². The van der Waals surface area contributed by atoms with Gasteiger partial charge in [-0.2, -0.15) is 5.10 Å². The third-order valence-corrected chi connectivity index (χ3v) is 4.85. The minimum atomic E-state index is -0.184. The van der Waals surface area contributed by atoms with Crippen LogP contribution in [0.5, 0.6) is 0 Å². The molecule has 132 valence electrons. The molecule has 0 unspecified atom stereocenters. The first-order chi connectivity index (χ1) is 11.7. The van der Waals surface area contributed by atoms with Crippen LogP contribution in [0.3, 0.4) is 0 Å². The van der Waals surface area contributed by atoms with Crippen molar-refractivity contribution in [3.8, 4) is 0 Å². The van der Waals surface area contributed by atoms with Crippen molar-refractivity contribution in [3.05, 3.63) is 17.5 Å². The molecule has 1 saturated carbocycles. The molecular weight excluding hydrogens is 308 g/mol. The molecule has 1 atom stereocenters. The molecule has 2 amide bonds. The zero-order chi connectivity index (χ0) is 16.9. The standard InChI is InChI=1S/C17H26N4O3/c1-24-7-6-18-17(23)15-10-14-9-13(11-21(14)20-15)19-16(22)8-12-4-2-3-5-12/h10,12-13H,2-9,11H2,1H3,(H,18,23)(H,19,22)/t13-/m0/s1. The van der Waals surface area contributed by atoms with E-state index in [1.807, 2.05) is 10.7 Å². The molecule has 1 aliphatic carbocycles. The number of methoxy groups -OCH3 is 1. The molecule has 24 heavy (non-hydrogen) atoms. The fourth-order valence-corrected chi connectivity index (χ4v) is 3.63. The SMILES string of the molecule is COCCNC(=O)c1cc2n(n1)C[C@@H](NC(=O)CC1CCCC1)C2. The smallest absolute Gasteiger partial charge is 0.271 e. The monoisotopic (exact) mass is 334 g/mol. The Bertz CT molecular complexity index is 569. The van der Waals surface area contributed by atoms with Gasteiger partial charge in [-0.15, -0.1) is 0 Å². The average molecular weight is 334 g/mol. The number of rotatable bonds is 7. The van der Waals surface area contributed by atoms with E-state index in [0.717, 1.165) is 12.1 Å². The summed E-state index contributed by atoms with van der Waals surface area (Å²) in [5, 5.41) is 10.2. The van der Waals surface area contributed by atoms with Gasteiger partial charge in [0.2, 0.25) is 5.91 Å². The van der Waals surface area contributed by atoms with Crippen LogP contribution in [0.1, 0.15) is 48.3 Å². The summed E-state index contributed by atoms with van der Waals surface area (Å²) >= 11 is 0. The Morgan fingerprint density at radius 2 is 2.17 bits per heavy atom. The second kappa shape index (κ2) is 7.79. The van der Waals surface area contributed by atoms with Gasteiger partial charge < -0.3 is 15.4 Å². The highest BCUT2D eigenvalue weighted by Gasteiger charge is 2.27. The van der Waals surface area contributed by atoms with E-state index in [9.17, 15) is 9.59 Å². The lowest BCUT2D eigenvalue weighted by molar-refractivity contribution is -0.122. The third kappa shape index (κ3) is 4.14. The van der Waals surface area contributed by atoms with E-state index >= 15 is 0 Å². The second-order valence-corrected chi connectivity index (χ2v) is 6.77. The predicted octanol–water partition coefficient (Wildman–Crippen LogP) is 0.880. The number of nitrogens with one attached hydrogen (secondary N) is 2. The van der Waals surface area contributed by atoms with Crippen LogP contribution < -0.4 is 10.6 Å². The van der Waals surface area contributed by atoms with Gasteiger partial charge in [-0.05, 0) is 24.8 Å². The molecule has 1 aliphatic heterocycles. The summed E-state index contributed by atoms with van der Waals surface area (Å²) in [6, 6.07) is 1.90. The molecule has 7 nitrogen and oxygen atoms in total. The number of hydrogen-bond acceptors (Lipinski definition) is 4. The Morgan fingerprint density at radius 1 is 1.38 bits per heavy atom. The van der Waals surface area contributed by atoms with Crippen molar-refractivity contribution in [2.45, 2.75) is 51.1 Å². The van der Waals surface area contributed by atoms with Crippen LogP contribution in [0.15, 0.2) is 6.07 Å². The number of nitrogens with zero attached hydrogens (tertiary/aromatic N) is 2. The Balaban J connectivity index is 1.46. The van der Waals surface area contributed by atoms with Gasteiger partial charge in [-0.25, -0.2) is 0 Å². The Hall–Kier alpha value is -1.89. The van der Waals surface area contributed by atoms with Gasteiger partial charge in [0.1, 0.15) is 5.69 Å². The van der Waals surface area contributed by atoms with Gasteiger partial charge in [0.25, 0.3) is 5.91 Å². The number of carbonyl (C=O) groups is 2. The third-order valence-electron chi connectivity index (χ3n) is 4.85. The maximum atomic E-state index is 12.1. The molecule has 1 aromatic heterocycles. The van der Waals surface area contributed by atoms with Crippen LogP contribution >= 0.6 is 0 Å². The van der Waals surface area contributed by atoms with Gasteiger partial charge >= 0.3 is 0 Å². The highest BCUT2D eigenvalue weighted by molar-refractivity contribution is 5.92. The number of fused-ring (bicyclic) bond motifs is 1. The quantitative estimate of drug-likeness (QED) is 0.725. The van der Waals surface area contributed by atoms with E-state index < -0.39 is 0 Å². The van der Waals surface area contributed by atoms with Crippen molar-refractivity contribution in [2.24, 2.45) is 5.92 Å². The molecule has 2 aliphatic rings. The zero-order valence-corrected chi connectivity index (χ0v) is 14.2. The lowest BCUT2D eigenvalue weighted by atomic mass is 10.0. The van der Waals surface area contributed by atoms with Gasteiger partial charge in [-0.3, -0.25) is 14.3 Å². The maximum absolute atomic E-state index is 12.1. The van der Waals surface area contributed by atoms with Crippen LogP contribution in [-0.4, -0.2) is 47.9 Å². The Labute approximate surface area is 142 Å². The van der Waals surface area contributed by atoms with E-state index in [1.54, 1.807) is 7.11 Å². The molecule has 7 heteroatoms. The van der Waals surface area contributed by atoms with Crippen molar-refractivity contribution in [3.63, 3.8) is 0 Å². The normalized spacial score (nSPS) is 20.1. The van der Waals surface area contributed by atoms with E-state index in [4.69, 9.17) is 4.74 Å². The summed E-state index contributed by atoms with van der Waals surface area (Å²) in [4.78, 5) is 24.1. The zero-order valence-electron chi connectivity index (χ0n) is 14.2. The van der Waals surface area contributed by atoms with Crippen molar-refractivity contribution in [1.82, 2.24) is 20.4 Å². The summed E-state index contributed by atoms with van der Waals surface area (Å²) in [5.41, 5.74) is 1.43. The van der Waals surface area contributed by atoms with E-state index in [-0.39, 0.29) is 17.9 Å². The summed E-state index contributed by atoms with van der Waals surface area (Å²) < 4.78 is 6.73. The van der Waals surface area contributed by atoms with Gasteiger partial charge in [0.15, 0.2) is 0 Å². The van der Waals surface area contributed by atoms with Crippen LogP contribution in [0.4, 0.5) is 0 Å². The Kier molecular flexibility index (Phi) is 5.50. The fourth-order valence-electron chi connectivity index (χ4n) is 3.63. The van der Waals surface area contributed by atoms with E-state index in [2.05, 4.69) is 15.7 Å². The summed E-state index contributed by atoms with van der Waals surface area (Å²) in [6.45, 7) is 1.59. The summed E-state index contributed by atoms with van der Waals surface area (Å²) in [6.07, 6.45) is 6.25. The molecule has 2 heterocycles. The molecule has 1 fully saturated rings. The largest absolute Gasteiger partial charge is 0.383 e. The van der Waals surface area contributed by atoms with Crippen molar-refractivity contribution in [2.75, 3.05) is 20.3 Å². The second-order valence-electron chi connectivity index (χ2n) is 6.77. The van der Waals surface area contributed by atoms with E-state index in [1.165, 1.54) is 25.7 Å². The Morgan fingerprint density at radius 3 is 2.88 bits per heavy atom. The molecule has 1 aromatic rings. The average Bonchev–Trinajstić information content (AvgIpc) is 3.23. The lowest BCUT2D eigenvalue weighted by Gasteiger charge is -2.14. The molecule has 2 N–H and O–H groups in total. The van der Waals surface area contributed by atoms with E-state index in [0.29, 0.717) is 37.7 Å². The minimum Gasteiger partial charge on any atom is -0.383 e. The van der Waals surface area contributed by atoms with Crippen molar-refractivity contribution in [1.29, 1.82) is 0 Å².